The molecule has 0 aromatic carbocycles. The highest BCUT2D eigenvalue weighted by Crippen LogP contribution is 2.58. The van der Waals surface area contributed by atoms with E-state index in [-0.39, 0.29) is 18.4 Å². The van der Waals surface area contributed by atoms with Gasteiger partial charge in [0.2, 0.25) is 11.8 Å². The molecule has 2 saturated heterocycles. The maximum Gasteiger partial charge on any atom is 0.313 e. The van der Waals surface area contributed by atoms with Gasteiger partial charge in [0.05, 0.1) is 12.5 Å². The minimum absolute atomic E-state index is 0.0213. The van der Waals surface area contributed by atoms with Crippen molar-refractivity contribution in [2.75, 3.05) is 32.8 Å². The van der Waals surface area contributed by atoms with Crippen molar-refractivity contribution >= 4 is 17.8 Å². The van der Waals surface area contributed by atoms with Crippen molar-refractivity contribution in [3.8, 4) is 0 Å². The second-order valence-corrected chi connectivity index (χ2v) is 10.5. The molecule has 2 fully saturated rings. The van der Waals surface area contributed by atoms with E-state index in [0.29, 0.717) is 45.5 Å². The predicted octanol–water partition coefficient (Wildman–Crippen LogP) is 2.99. The van der Waals surface area contributed by atoms with Gasteiger partial charge in [-0.05, 0) is 44.9 Å². The van der Waals surface area contributed by atoms with Gasteiger partial charge in [-0.25, -0.2) is 0 Å². The topological polar surface area (TPSA) is 96.4 Å². The molecule has 200 valence electrons. The molecule has 36 heavy (non-hydrogen) atoms. The third-order valence-corrected chi connectivity index (χ3v) is 8.31. The van der Waals surface area contributed by atoms with Crippen molar-refractivity contribution < 1.29 is 29.0 Å². The van der Waals surface area contributed by atoms with E-state index in [4.69, 9.17) is 9.47 Å². The van der Waals surface area contributed by atoms with Crippen LogP contribution in [-0.4, -0.2) is 82.8 Å². The zero-order valence-electron chi connectivity index (χ0n) is 21.8. The average Bonchev–Trinajstić information content (AvgIpc) is 3.22. The van der Waals surface area contributed by atoms with E-state index in [0.717, 1.165) is 38.5 Å². The van der Waals surface area contributed by atoms with E-state index in [1.807, 2.05) is 30.1 Å². The minimum atomic E-state index is -1.23. The van der Waals surface area contributed by atoms with Crippen LogP contribution in [0.1, 0.15) is 71.6 Å². The van der Waals surface area contributed by atoms with Crippen molar-refractivity contribution in [2.45, 2.75) is 88.9 Å². The number of aliphatic hydroxyl groups is 1. The number of nitrogens with zero attached hydrogens (tertiary/aromatic N) is 2. The maximum absolute atomic E-state index is 14.1. The van der Waals surface area contributed by atoms with Crippen LogP contribution in [0.15, 0.2) is 24.3 Å². The quantitative estimate of drug-likeness (QED) is 0.296. The number of allylic oxidation sites excluding steroid dienone is 1. The molecular weight excluding hydrogens is 460 g/mol. The lowest BCUT2D eigenvalue weighted by atomic mass is 9.73. The molecular formula is C28H42N2O6. The fourth-order valence-electron chi connectivity index (χ4n) is 6.47. The number of ether oxygens (including phenoxy) is 2. The molecule has 5 atom stereocenters. The largest absolute Gasteiger partial charge is 0.465 e. The van der Waals surface area contributed by atoms with Crippen molar-refractivity contribution in [1.82, 2.24) is 9.80 Å². The van der Waals surface area contributed by atoms with Crippen LogP contribution in [0.25, 0.3) is 0 Å². The molecule has 1 spiro atoms. The van der Waals surface area contributed by atoms with Crippen molar-refractivity contribution in [3.05, 3.63) is 24.3 Å². The van der Waals surface area contributed by atoms with Gasteiger partial charge in [-0.2, -0.15) is 0 Å². The number of aliphatic hydroxyl groups excluding tert-OH is 1. The van der Waals surface area contributed by atoms with E-state index in [1.54, 1.807) is 4.90 Å². The molecule has 4 aliphatic rings. The van der Waals surface area contributed by atoms with Crippen molar-refractivity contribution in [3.63, 3.8) is 0 Å². The number of carbonyl (C=O) groups excluding carboxylic acids is 3. The predicted molar refractivity (Wildman–Crippen MR) is 135 cm³/mol. The summed E-state index contributed by atoms with van der Waals surface area (Å²) >= 11 is 0. The average molecular weight is 503 g/mol. The first-order chi connectivity index (χ1) is 17.5. The first kappa shape index (κ1) is 26.9. The van der Waals surface area contributed by atoms with Gasteiger partial charge in [0.15, 0.2) is 0 Å². The smallest absolute Gasteiger partial charge is 0.313 e. The fourth-order valence-corrected chi connectivity index (χ4v) is 6.47. The van der Waals surface area contributed by atoms with Gasteiger partial charge in [-0.3, -0.25) is 14.4 Å². The van der Waals surface area contributed by atoms with Gasteiger partial charge in [0.25, 0.3) is 0 Å². The number of carbonyl (C=O) groups is 3. The molecule has 0 aromatic rings. The first-order valence-corrected chi connectivity index (χ1v) is 13.9. The molecule has 0 aliphatic carbocycles. The summed E-state index contributed by atoms with van der Waals surface area (Å²) in [7, 11) is 0. The Hall–Kier alpha value is -2.19. The highest BCUT2D eigenvalue weighted by Gasteiger charge is 2.75. The number of hydrogen-bond donors (Lipinski definition) is 1. The van der Waals surface area contributed by atoms with Gasteiger partial charge >= 0.3 is 5.97 Å². The first-order valence-electron chi connectivity index (χ1n) is 13.9. The number of amides is 2. The molecule has 4 rings (SSSR count). The Labute approximate surface area is 214 Å². The Morgan fingerprint density at radius 1 is 0.972 bits per heavy atom. The summed E-state index contributed by atoms with van der Waals surface area (Å²) in [4.78, 5) is 45.2. The van der Waals surface area contributed by atoms with E-state index in [2.05, 4.69) is 13.0 Å². The lowest BCUT2D eigenvalue weighted by Crippen LogP contribution is -2.56. The number of cyclic esters (lactones) is 1. The van der Waals surface area contributed by atoms with Crippen LogP contribution in [0.5, 0.6) is 0 Å². The Morgan fingerprint density at radius 3 is 2.53 bits per heavy atom. The van der Waals surface area contributed by atoms with E-state index >= 15 is 0 Å². The summed E-state index contributed by atoms with van der Waals surface area (Å²) in [6.45, 7) is 5.85. The van der Waals surface area contributed by atoms with Gasteiger partial charge in [0.1, 0.15) is 23.2 Å². The number of likely N-dealkylation sites (tertiary alicyclic amines) is 1. The number of hydrogen-bond acceptors (Lipinski definition) is 6. The molecule has 4 heterocycles. The Bertz CT molecular complexity index is 887. The Balaban J connectivity index is 1.79. The Morgan fingerprint density at radius 2 is 1.78 bits per heavy atom. The fraction of sp³-hybridized carbons (Fsp3) is 0.750. The summed E-state index contributed by atoms with van der Waals surface area (Å²) in [5, 5.41) is 9.34. The lowest BCUT2D eigenvalue weighted by molar-refractivity contribution is -0.161. The summed E-state index contributed by atoms with van der Waals surface area (Å²) in [6.07, 6.45) is 15.0. The molecule has 8 heteroatoms. The third kappa shape index (κ3) is 4.62. The molecule has 8 nitrogen and oxygen atoms in total. The van der Waals surface area contributed by atoms with Gasteiger partial charge in [0, 0.05) is 26.2 Å². The van der Waals surface area contributed by atoms with E-state index in [9.17, 15) is 19.5 Å². The second-order valence-electron chi connectivity index (χ2n) is 10.5. The highest BCUT2D eigenvalue weighted by molar-refractivity contribution is 5.99. The van der Waals surface area contributed by atoms with Crippen LogP contribution in [0, 0.1) is 11.8 Å². The summed E-state index contributed by atoms with van der Waals surface area (Å²) in [5.41, 5.74) is -2.24. The highest BCUT2D eigenvalue weighted by atomic mass is 16.6. The zero-order chi connectivity index (χ0) is 25.8. The minimum Gasteiger partial charge on any atom is -0.465 e. The molecule has 0 aromatic heterocycles. The van der Waals surface area contributed by atoms with Gasteiger partial charge in [-0.15, -0.1) is 0 Å². The zero-order valence-corrected chi connectivity index (χ0v) is 21.8. The van der Waals surface area contributed by atoms with Crippen LogP contribution in [0.2, 0.25) is 0 Å². The van der Waals surface area contributed by atoms with Crippen LogP contribution < -0.4 is 0 Å². The maximum atomic E-state index is 14.1. The molecule has 4 aliphatic heterocycles. The normalized spacial score (nSPS) is 35.2. The molecule has 0 bridgehead atoms. The van der Waals surface area contributed by atoms with Crippen LogP contribution in [0.4, 0.5) is 0 Å². The SMILES string of the molecule is CCCCCN1CC=C[C@]23O[C@]4(CC)/C=C\CCCCOC(=O)[C@@H]4[C@H]2C(=O)N(CCCCO)C3C1=O. The molecule has 0 radical (unpaired) electrons. The molecule has 0 saturated carbocycles. The summed E-state index contributed by atoms with van der Waals surface area (Å²) in [5.74, 6) is -2.42. The number of esters is 1. The van der Waals surface area contributed by atoms with Crippen LogP contribution in [-0.2, 0) is 23.9 Å². The van der Waals surface area contributed by atoms with Gasteiger partial charge < -0.3 is 24.4 Å². The van der Waals surface area contributed by atoms with Crippen molar-refractivity contribution in [1.29, 1.82) is 0 Å². The molecule has 1 N–H and O–H groups in total. The summed E-state index contributed by atoms with van der Waals surface area (Å²) < 4.78 is 12.6. The summed E-state index contributed by atoms with van der Waals surface area (Å²) in [6, 6.07) is -0.837. The second kappa shape index (κ2) is 11.5. The Kier molecular flexibility index (Phi) is 8.56. The third-order valence-electron chi connectivity index (χ3n) is 8.31. The van der Waals surface area contributed by atoms with Crippen LogP contribution in [0.3, 0.4) is 0 Å². The number of unbranched alkanes of at least 4 members (excludes halogenated alkanes) is 3. The van der Waals surface area contributed by atoms with Crippen LogP contribution >= 0.6 is 0 Å². The lowest BCUT2D eigenvalue weighted by Gasteiger charge is -2.38. The number of fused-ring (bicyclic) bond motifs is 2. The standard InChI is InChI=1S/C28H42N2O6/c1-3-5-9-16-29-17-13-15-28-21(24(32)30(18-10-11-19-31)23(28)25(29)33)22-26(34)35-20-12-7-6-8-14-27(22,4-2)36-28/h8,13-15,21-23,31H,3-7,9-12,16-20H2,1-2H3/b14-8-/t21-,22-,23?,27+,28-/m0/s1. The van der Waals surface area contributed by atoms with Crippen molar-refractivity contribution in [2.24, 2.45) is 11.8 Å². The van der Waals surface area contributed by atoms with E-state index in [1.165, 1.54) is 0 Å². The monoisotopic (exact) mass is 502 g/mol. The molecule has 2 amide bonds. The number of rotatable bonds is 9. The van der Waals surface area contributed by atoms with E-state index < -0.39 is 35.0 Å². The van der Waals surface area contributed by atoms with Gasteiger partial charge in [-0.1, -0.05) is 51.0 Å². The molecule has 1 unspecified atom stereocenters.